The maximum atomic E-state index is 13.6. The summed E-state index contributed by atoms with van der Waals surface area (Å²) in [7, 11) is 0. The number of carbonyl (C=O) groups is 1. The molecule has 2 rings (SSSR count). The molecule has 0 unspecified atom stereocenters. The summed E-state index contributed by atoms with van der Waals surface area (Å²) < 4.78 is 53.3. The molecule has 6 heteroatoms. The number of allylic oxidation sites excluding steroid dienone is 1. The second-order valence-electron chi connectivity index (χ2n) is 6.01. The number of carbonyl (C=O) groups excluding carboxylic acids is 1. The molecule has 0 aliphatic heterocycles. The first kappa shape index (κ1) is 21.2. The van der Waals surface area contributed by atoms with Crippen LogP contribution in [0.25, 0.3) is 6.08 Å². The third kappa shape index (κ3) is 5.96. The quantitative estimate of drug-likeness (QED) is 0.0881. The van der Waals surface area contributed by atoms with E-state index < -0.39 is 34.6 Å². The molecule has 0 spiro atoms. The van der Waals surface area contributed by atoms with Crippen LogP contribution in [0.5, 0.6) is 0 Å². The van der Waals surface area contributed by atoms with Crippen molar-refractivity contribution in [2.45, 2.75) is 37.5 Å². The average molecular weight is 396 g/mol. The van der Waals surface area contributed by atoms with E-state index in [4.69, 9.17) is 0 Å². The molecular weight excluding hydrogens is 376 g/mol. The van der Waals surface area contributed by atoms with Crippen LogP contribution in [0.4, 0.5) is 17.6 Å². The van der Waals surface area contributed by atoms with E-state index in [1.807, 2.05) is 12.1 Å². The zero-order chi connectivity index (χ0) is 19.8. The van der Waals surface area contributed by atoms with Gasteiger partial charge in [0.05, 0.1) is 0 Å². The van der Waals surface area contributed by atoms with Crippen LogP contribution in [0.3, 0.4) is 0 Å². The Bertz CT molecular complexity index is 816. The third-order valence-corrected chi connectivity index (χ3v) is 5.05. The molecule has 1 nitrogen and oxygen atoms in total. The van der Waals surface area contributed by atoms with Gasteiger partial charge >= 0.3 is 0 Å². The molecule has 2 aromatic carbocycles. The van der Waals surface area contributed by atoms with Gasteiger partial charge in [-0.1, -0.05) is 26.2 Å². The van der Waals surface area contributed by atoms with Crippen molar-refractivity contribution < 1.29 is 22.4 Å². The van der Waals surface area contributed by atoms with Crippen molar-refractivity contribution in [1.29, 1.82) is 0 Å². The standard InChI is InChI=1S/C21H20F4OS/c1-2-3-4-5-12-27-15-8-6-14(7-9-15)19(26)11-10-16-17(22)13-18(23)21(25)20(16)24/h6-11,13H,2-5,12H2,1H3. The van der Waals surface area contributed by atoms with E-state index in [1.165, 1.54) is 19.3 Å². The molecule has 144 valence electrons. The summed E-state index contributed by atoms with van der Waals surface area (Å²) in [6, 6.07) is 7.11. The highest BCUT2D eigenvalue weighted by Crippen LogP contribution is 2.22. The molecular formula is C21H20F4OS. The van der Waals surface area contributed by atoms with Gasteiger partial charge in [-0.2, -0.15) is 0 Å². The molecule has 0 fully saturated rings. The Balaban J connectivity index is 2.00. The molecule has 0 saturated carbocycles. The van der Waals surface area contributed by atoms with E-state index >= 15 is 0 Å². The number of benzene rings is 2. The monoisotopic (exact) mass is 396 g/mol. The minimum absolute atomic E-state index is 0.245. The van der Waals surface area contributed by atoms with E-state index in [-0.39, 0.29) is 6.07 Å². The Labute approximate surface area is 160 Å². The predicted molar refractivity (Wildman–Crippen MR) is 101 cm³/mol. The van der Waals surface area contributed by atoms with Crippen molar-refractivity contribution in [3.8, 4) is 0 Å². The fourth-order valence-corrected chi connectivity index (χ4v) is 3.34. The molecule has 0 aliphatic rings. The van der Waals surface area contributed by atoms with Gasteiger partial charge in [-0.15, -0.1) is 11.8 Å². The molecule has 0 amide bonds. The van der Waals surface area contributed by atoms with Gasteiger partial charge in [-0.05, 0) is 48.6 Å². The number of unbranched alkanes of at least 4 members (excludes halogenated alkanes) is 3. The Morgan fingerprint density at radius 1 is 0.963 bits per heavy atom. The molecule has 27 heavy (non-hydrogen) atoms. The highest BCUT2D eigenvalue weighted by Gasteiger charge is 2.17. The number of halogens is 4. The largest absolute Gasteiger partial charge is 0.289 e. The molecule has 0 N–H and O–H groups in total. The number of ketones is 1. The summed E-state index contributed by atoms with van der Waals surface area (Å²) in [5.74, 6) is -5.81. The maximum absolute atomic E-state index is 13.6. The number of hydrogen-bond acceptors (Lipinski definition) is 2. The predicted octanol–water partition coefficient (Wildman–Crippen LogP) is 6.81. The third-order valence-electron chi connectivity index (χ3n) is 3.96. The van der Waals surface area contributed by atoms with E-state index in [2.05, 4.69) is 6.92 Å². The van der Waals surface area contributed by atoms with Gasteiger partial charge in [0.1, 0.15) is 5.82 Å². The van der Waals surface area contributed by atoms with Gasteiger partial charge in [-0.3, -0.25) is 4.79 Å². The topological polar surface area (TPSA) is 17.1 Å². The summed E-state index contributed by atoms with van der Waals surface area (Å²) in [4.78, 5) is 13.2. The van der Waals surface area contributed by atoms with Crippen LogP contribution in [0, 0.1) is 23.3 Å². The van der Waals surface area contributed by atoms with Gasteiger partial charge in [0.25, 0.3) is 0 Å². The normalized spacial score (nSPS) is 11.3. The van der Waals surface area contributed by atoms with Gasteiger partial charge < -0.3 is 0 Å². The first-order chi connectivity index (χ1) is 12.9. The minimum Gasteiger partial charge on any atom is -0.289 e. The van der Waals surface area contributed by atoms with Crippen molar-refractivity contribution in [2.75, 3.05) is 5.75 Å². The van der Waals surface area contributed by atoms with E-state index in [0.29, 0.717) is 5.56 Å². The average Bonchev–Trinajstić information content (AvgIpc) is 2.66. The second kappa shape index (κ2) is 10.3. The van der Waals surface area contributed by atoms with Crippen LogP contribution in [0.1, 0.15) is 48.5 Å². The van der Waals surface area contributed by atoms with Crippen molar-refractivity contribution in [2.24, 2.45) is 0 Å². The zero-order valence-electron chi connectivity index (χ0n) is 14.9. The summed E-state index contributed by atoms with van der Waals surface area (Å²) in [6.45, 7) is 2.16. The van der Waals surface area contributed by atoms with Crippen LogP contribution in [0.2, 0.25) is 0 Å². The van der Waals surface area contributed by atoms with Crippen LogP contribution < -0.4 is 0 Å². The lowest BCUT2D eigenvalue weighted by Gasteiger charge is -2.03. The van der Waals surface area contributed by atoms with Gasteiger partial charge in [-0.25, -0.2) is 17.6 Å². The SMILES string of the molecule is CCCCCCSc1ccc(C(=O)C=Cc2c(F)cc(F)c(F)c2F)cc1. The number of rotatable bonds is 9. The number of thioether (sulfide) groups is 1. The van der Waals surface area contributed by atoms with E-state index in [1.54, 1.807) is 23.9 Å². The molecule has 0 atom stereocenters. The summed E-state index contributed by atoms with van der Waals surface area (Å²) in [5.41, 5.74) is -0.452. The lowest BCUT2D eigenvalue weighted by molar-refractivity contribution is 0.104. The van der Waals surface area contributed by atoms with Crippen LogP contribution in [0.15, 0.2) is 41.3 Å². The molecule has 0 bridgehead atoms. The molecule has 0 heterocycles. The summed E-state index contributed by atoms with van der Waals surface area (Å²) in [6.07, 6.45) is 6.49. The van der Waals surface area contributed by atoms with E-state index in [0.717, 1.165) is 29.2 Å². The Kier molecular flexibility index (Phi) is 8.10. The second-order valence-corrected chi connectivity index (χ2v) is 7.18. The van der Waals surface area contributed by atoms with Crippen LogP contribution in [-0.4, -0.2) is 11.5 Å². The number of hydrogen-bond donors (Lipinski definition) is 0. The summed E-state index contributed by atoms with van der Waals surface area (Å²) in [5, 5.41) is 0. The first-order valence-corrected chi connectivity index (χ1v) is 9.70. The minimum atomic E-state index is -1.77. The van der Waals surface area contributed by atoms with Crippen LogP contribution in [-0.2, 0) is 0 Å². The first-order valence-electron chi connectivity index (χ1n) is 8.72. The maximum Gasteiger partial charge on any atom is 0.195 e. The lowest BCUT2D eigenvalue weighted by Crippen LogP contribution is -1.99. The van der Waals surface area contributed by atoms with Gasteiger partial charge in [0.15, 0.2) is 23.2 Å². The van der Waals surface area contributed by atoms with Crippen molar-refractivity contribution in [3.05, 3.63) is 70.8 Å². The Morgan fingerprint density at radius 2 is 1.67 bits per heavy atom. The fraction of sp³-hybridized carbons (Fsp3) is 0.286. The van der Waals surface area contributed by atoms with Gasteiger partial charge in [0.2, 0.25) is 0 Å². The van der Waals surface area contributed by atoms with Crippen molar-refractivity contribution >= 4 is 23.6 Å². The van der Waals surface area contributed by atoms with Crippen LogP contribution >= 0.6 is 11.8 Å². The molecule has 2 aromatic rings. The van der Waals surface area contributed by atoms with E-state index in [9.17, 15) is 22.4 Å². The highest BCUT2D eigenvalue weighted by atomic mass is 32.2. The fourth-order valence-electron chi connectivity index (χ4n) is 2.42. The molecule has 0 radical (unpaired) electrons. The molecule has 0 saturated heterocycles. The molecule has 0 aliphatic carbocycles. The smallest absolute Gasteiger partial charge is 0.195 e. The Hall–Kier alpha value is -2.08. The van der Waals surface area contributed by atoms with Crippen molar-refractivity contribution in [1.82, 2.24) is 0 Å². The summed E-state index contributed by atoms with van der Waals surface area (Å²) >= 11 is 1.70. The zero-order valence-corrected chi connectivity index (χ0v) is 15.7. The van der Waals surface area contributed by atoms with Gasteiger partial charge in [0, 0.05) is 22.1 Å². The highest BCUT2D eigenvalue weighted by molar-refractivity contribution is 7.99. The lowest BCUT2D eigenvalue weighted by atomic mass is 10.1. The molecule has 0 aromatic heterocycles. The van der Waals surface area contributed by atoms with Crippen molar-refractivity contribution in [3.63, 3.8) is 0 Å². The Morgan fingerprint density at radius 3 is 2.33 bits per heavy atom.